The maximum Gasteiger partial charge on any atom is 0.263 e. The standard InChI is InChI=1S/C13H12ClN3O2S/c14-13-15-7-6-12(16-13)17-20(18,19)11-5-4-9-2-1-3-10(9)8-11/h4-8H,1-3H2,(H,15,16,17). The number of benzene rings is 1. The summed E-state index contributed by atoms with van der Waals surface area (Å²) < 4.78 is 27.0. The van der Waals surface area contributed by atoms with Crippen molar-refractivity contribution in [2.24, 2.45) is 0 Å². The Morgan fingerprint density at radius 3 is 2.75 bits per heavy atom. The van der Waals surface area contributed by atoms with Crippen LogP contribution < -0.4 is 4.72 Å². The second-order valence-electron chi connectivity index (χ2n) is 4.60. The molecule has 1 aromatic heterocycles. The molecule has 2 aromatic rings. The number of aromatic nitrogens is 2. The van der Waals surface area contributed by atoms with Crippen molar-refractivity contribution in [2.45, 2.75) is 24.2 Å². The minimum atomic E-state index is -3.65. The van der Waals surface area contributed by atoms with E-state index in [1.165, 1.54) is 17.8 Å². The molecule has 1 aromatic carbocycles. The van der Waals surface area contributed by atoms with E-state index in [1.54, 1.807) is 12.1 Å². The summed E-state index contributed by atoms with van der Waals surface area (Å²) in [7, 11) is -3.65. The lowest BCUT2D eigenvalue weighted by molar-refractivity contribution is 0.601. The molecule has 3 rings (SSSR count). The molecule has 0 spiro atoms. The van der Waals surface area contributed by atoms with Crippen LogP contribution in [0.4, 0.5) is 5.82 Å². The zero-order chi connectivity index (χ0) is 14.2. The van der Waals surface area contributed by atoms with E-state index in [-0.39, 0.29) is 16.0 Å². The van der Waals surface area contributed by atoms with Crippen molar-refractivity contribution in [1.82, 2.24) is 9.97 Å². The van der Waals surface area contributed by atoms with Crippen LogP contribution in [0.5, 0.6) is 0 Å². The van der Waals surface area contributed by atoms with Crippen LogP contribution in [0.1, 0.15) is 17.5 Å². The van der Waals surface area contributed by atoms with Gasteiger partial charge in [0.05, 0.1) is 4.90 Å². The van der Waals surface area contributed by atoms with Crippen molar-refractivity contribution in [2.75, 3.05) is 4.72 Å². The SMILES string of the molecule is O=S(=O)(Nc1ccnc(Cl)n1)c1ccc2c(c1)CCC2. The van der Waals surface area contributed by atoms with Gasteiger partial charge in [0.2, 0.25) is 5.28 Å². The first kappa shape index (κ1) is 13.3. The summed E-state index contributed by atoms with van der Waals surface area (Å²) in [5.74, 6) is 0.158. The highest BCUT2D eigenvalue weighted by atomic mass is 35.5. The molecule has 0 fully saturated rings. The number of nitrogens with zero attached hydrogens (tertiary/aromatic N) is 2. The predicted molar refractivity (Wildman–Crippen MR) is 76.3 cm³/mol. The lowest BCUT2D eigenvalue weighted by Crippen LogP contribution is -2.14. The van der Waals surface area contributed by atoms with Crippen LogP contribution in [-0.2, 0) is 22.9 Å². The number of sulfonamides is 1. The summed E-state index contributed by atoms with van der Waals surface area (Å²) in [6.07, 6.45) is 4.42. The molecule has 0 saturated carbocycles. The molecule has 1 heterocycles. The summed E-state index contributed by atoms with van der Waals surface area (Å²) in [6, 6.07) is 6.68. The van der Waals surface area contributed by atoms with Crippen LogP contribution in [0, 0.1) is 0 Å². The van der Waals surface area contributed by atoms with E-state index >= 15 is 0 Å². The molecule has 1 aliphatic rings. The van der Waals surface area contributed by atoms with Crippen LogP contribution in [0.2, 0.25) is 5.28 Å². The molecule has 0 saturated heterocycles. The van der Waals surface area contributed by atoms with E-state index in [1.807, 2.05) is 6.07 Å². The Balaban J connectivity index is 1.92. The number of nitrogens with one attached hydrogen (secondary N) is 1. The summed E-state index contributed by atoms with van der Waals surface area (Å²) in [6.45, 7) is 0. The lowest BCUT2D eigenvalue weighted by atomic mass is 10.1. The first-order valence-corrected chi connectivity index (χ1v) is 8.04. The third kappa shape index (κ3) is 2.62. The molecule has 104 valence electrons. The molecule has 0 aliphatic heterocycles. The van der Waals surface area contributed by atoms with Gasteiger partial charge in [-0.05, 0) is 60.2 Å². The molecule has 1 aliphatic carbocycles. The van der Waals surface area contributed by atoms with Gasteiger partial charge in [-0.1, -0.05) is 6.07 Å². The largest absolute Gasteiger partial charge is 0.263 e. The number of anilines is 1. The second-order valence-corrected chi connectivity index (χ2v) is 6.62. The minimum Gasteiger partial charge on any atom is -0.263 e. The summed E-state index contributed by atoms with van der Waals surface area (Å²) >= 11 is 5.64. The fraction of sp³-hybridized carbons (Fsp3) is 0.231. The van der Waals surface area contributed by atoms with Crippen LogP contribution in [0.3, 0.4) is 0 Å². The number of halogens is 1. The van der Waals surface area contributed by atoms with Crippen molar-refractivity contribution in [3.8, 4) is 0 Å². The molecular formula is C13H12ClN3O2S. The molecule has 0 atom stereocenters. The van der Waals surface area contributed by atoms with Gasteiger partial charge in [0.15, 0.2) is 0 Å². The highest BCUT2D eigenvalue weighted by Gasteiger charge is 2.19. The second kappa shape index (κ2) is 5.03. The molecule has 0 unspecified atom stereocenters. The minimum absolute atomic E-state index is 0.000784. The van der Waals surface area contributed by atoms with Gasteiger partial charge in [0.25, 0.3) is 10.0 Å². The van der Waals surface area contributed by atoms with E-state index in [4.69, 9.17) is 11.6 Å². The molecule has 20 heavy (non-hydrogen) atoms. The lowest BCUT2D eigenvalue weighted by Gasteiger charge is -2.08. The Morgan fingerprint density at radius 2 is 1.95 bits per heavy atom. The molecule has 5 nitrogen and oxygen atoms in total. The zero-order valence-corrected chi connectivity index (χ0v) is 12.1. The average molecular weight is 310 g/mol. The van der Waals surface area contributed by atoms with Gasteiger partial charge >= 0.3 is 0 Å². The first-order valence-electron chi connectivity index (χ1n) is 6.18. The molecular weight excluding hydrogens is 298 g/mol. The van der Waals surface area contributed by atoms with E-state index in [9.17, 15) is 8.42 Å². The smallest absolute Gasteiger partial charge is 0.263 e. The van der Waals surface area contributed by atoms with Gasteiger partial charge in [-0.15, -0.1) is 0 Å². The Morgan fingerprint density at radius 1 is 1.15 bits per heavy atom. The normalized spacial score (nSPS) is 14.1. The third-order valence-corrected chi connectivity index (χ3v) is 4.78. The monoisotopic (exact) mass is 309 g/mol. The van der Waals surface area contributed by atoms with Crippen molar-refractivity contribution in [3.63, 3.8) is 0 Å². The fourth-order valence-corrected chi connectivity index (χ4v) is 3.50. The first-order chi connectivity index (χ1) is 9.54. The maximum atomic E-state index is 12.3. The average Bonchev–Trinajstić information content (AvgIpc) is 2.85. The number of rotatable bonds is 3. The quantitative estimate of drug-likeness (QED) is 0.884. The van der Waals surface area contributed by atoms with Crippen molar-refractivity contribution in [1.29, 1.82) is 0 Å². The number of fused-ring (bicyclic) bond motifs is 1. The Hall–Kier alpha value is -1.66. The van der Waals surface area contributed by atoms with E-state index < -0.39 is 10.0 Å². The number of aryl methyl sites for hydroxylation is 2. The van der Waals surface area contributed by atoms with Crippen LogP contribution in [-0.4, -0.2) is 18.4 Å². The van der Waals surface area contributed by atoms with Gasteiger partial charge in [-0.2, -0.15) is 4.98 Å². The highest BCUT2D eigenvalue weighted by molar-refractivity contribution is 7.92. The van der Waals surface area contributed by atoms with Gasteiger partial charge in [0, 0.05) is 6.20 Å². The van der Waals surface area contributed by atoms with Crippen LogP contribution in [0.25, 0.3) is 0 Å². The van der Waals surface area contributed by atoms with Crippen LogP contribution >= 0.6 is 11.6 Å². The van der Waals surface area contributed by atoms with Crippen molar-refractivity contribution < 1.29 is 8.42 Å². The third-order valence-electron chi connectivity index (χ3n) is 3.25. The van der Waals surface area contributed by atoms with Crippen molar-refractivity contribution >= 4 is 27.4 Å². The maximum absolute atomic E-state index is 12.3. The molecule has 0 bridgehead atoms. The van der Waals surface area contributed by atoms with Gasteiger partial charge < -0.3 is 0 Å². The molecule has 0 amide bonds. The number of hydrogen-bond acceptors (Lipinski definition) is 4. The Kier molecular flexibility index (Phi) is 3.35. The van der Waals surface area contributed by atoms with Gasteiger partial charge in [0.1, 0.15) is 5.82 Å². The number of hydrogen-bond donors (Lipinski definition) is 1. The van der Waals surface area contributed by atoms with Gasteiger partial charge in [-0.3, -0.25) is 4.72 Å². The zero-order valence-electron chi connectivity index (χ0n) is 10.5. The predicted octanol–water partition coefficient (Wildman–Crippen LogP) is 2.42. The fourth-order valence-electron chi connectivity index (χ4n) is 2.30. The summed E-state index contributed by atoms with van der Waals surface area (Å²) in [4.78, 5) is 7.77. The van der Waals surface area contributed by atoms with Gasteiger partial charge in [-0.25, -0.2) is 13.4 Å². The van der Waals surface area contributed by atoms with E-state index in [0.717, 1.165) is 24.8 Å². The summed E-state index contributed by atoms with van der Waals surface area (Å²) in [5.41, 5.74) is 2.34. The molecule has 1 N–H and O–H groups in total. The Bertz CT molecular complexity index is 762. The molecule has 7 heteroatoms. The molecule has 0 radical (unpaired) electrons. The topological polar surface area (TPSA) is 72.0 Å². The van der Waals surface area contributed by atoms with E-state index in [2.05, 4.69) is 14.7 Å². The van der Waals surface area contributed by atoms with E-state index in [0.29, 0.717) is 0 Å². The van der Waals surface area contributed by atoms with Crippen molar-refractivity contribution in [3.05, 3.63) is 46.9 Å². The van der Waals surface area contributed by atoms with Crippen LogP contribution in [0.15, 0.2) is 35.4 Å². The highest BCUT2D eigenvalue weighted by Crippen LogP contribution is 2.25. The Labute approximate surface area is 122 Å². The summed E-state index contributed by atoms with van der Waals surface area (Å²) in [5, 5.41) is -0.000784.